The molecule has 1 atom stereocenters. The molecule has 0 amide bonds. The van der Waals surface area contributed by atoms with E-state index in [4.69, 9.17) is 4.74 Å². The molecule has 0 heterocycles. The van der Waals surface area contributed by atoms with Crippen molar-refractivity contribution >= 4 is 15.6 Å². The summed E-state index contributed by atoms with van der Waals surface area (Å²) in [7, 11) is 4.33. The molecular weight excluding hydrogens is 207 g/mol. The zero-order chi connectivity index (χ0) is 11.3. The summed E-state index contributed by atoms with van der Waals surface area (Å²) in [6.45, 7) is 4.03. The Labute approximate surface area is 93.4 Å². The van der Waals surface area contributed by atoms with Gasteiger partial charge in [-0.15, -0.1) is 0 Å². The van der Waals surface area contributed by atoms with Crippen molar-refractivity contribution in [2.75, 3.05) is 7.05 Å². The molecule has 82 valence electrons. The van der Waals surface area contributed by atoms with Crippen LogP contribution in [0.15, 0.2) is 29.4 Å². The Morgan fingerprint density at radius 3 is 2.40 bits per heavy atom. The second-order valence-electron chi connectivity index (χ2n) is 3.55. The van der Waals surface area contributed by atoms with Crippen LogP contribution in [0.25, 0.3) is 0 Å². The Hall–Kier alpha value is -1.08. The average molecular weight is 224 g/mol. The second-order valence-corrected chi connectivity index (χ2v) is 4.30. The highest BCUT2D eigenvalue weighted by molar-refractivity contribution is 7.13. The van der Waals surface area contributed by atoms with Gasteiger partial charge in [0.2, 0.25) is 0 Å². The molecule has 0 fully saturated rings. The third-order valence-corrected chi connectivity index (χ3v) is 1.77. The van der Waals surface area contributed by atoms with E-state index in [-0.39, 0.29) is 6.10 Å². The van der Waals surface area contributed by atoms with E-state index in [0.717, 1.165) is 11.3 Å². The molecule has 1 aromatic rings. The van der Waals surface area contributed by atoms with Crippen molar-refractivity contribution in [3.8, 4) is 5.75 Å². The number of hydrogen-bond acceptors (Lipinski definition) is 3. The van der Waals surface area contributed by atoms with Crippen molar-refractivity contribution in [1.29, 1.82) is 0 Å². The first-order chi connectivity index (χ1) is 7.08. The highest BCUT2D eigenvalue weighted by atomic mass is 31.0. The van der Waals surface area contributed by atoms with E-state index in [1.807, 2.05) is 45.2 Å². The number of ether oxygens (including phenoxy) is 1. The van der Waals surface area contributed by atoms with Crippen LogP contribution in [0.1, 0.15) is 19.4 Å². The van der Waals surface area contributed by atoms with Gasteiger partial charge in [-0.25, -0.2) is 0 Å². The minimum Gasteiger partial charge on any atom is -0.491 e. The standard InChI is InChI=1S/C11H17N2OP/c1-9(2)14-11-6-4-10(5-7-11)8-12-13(3)15/h4-9H,15H2,1-3H3/b12-8+. The predicted octanol–water partition coefficient (Wildman–Crippen LogP) is 2.53. The van der Waals surface area contributed by atoms with Crippen molar-refractivity contribution in [1.82, 2.24) is 4.78 Å². The number of hydrogen-bond donors (Lipinski definition) is 0. The summed E-state index contributed by atoms with van der Waals surface area (Å²) in [5.74, 6) is 0.890. The van der Waals surface area contributed by atoms with E-state index in [2.05, 4.69) is 14.5 Å². The molecule has 0 N–H and O–H groups in total. The van der Waals surface area contributed by atoms with Crippen molar-refractivity contribution in [2.45, 2.75) is 20.0 Å². The van der Waals surface area contributed by atoms with Gasteiger partial charge in [-0.3, -0.25) is 4.78 Å². The maximum absolute atomic E-state index is 5.54. The summed E-state index contributed by atoms with van der Waals surface area (Å²) in [5, 5.41) is 4.12. The maximum Gasteiger partial charge on any atom is 0.119 e. The highest BCUT2D eigenvalue weighted by Crippen LogP contribution is 2.12. The normalized spacial score (nSPS) is 11.0. The molecule has 3 nitrogen and oxygen atoms in total. The van der Waals surface area contributed by atoms with E-state index < -0.39 is 0 Å². The molecule has 0 saturated carbocycles. The minimum atomic E-state index is 0.211. The molecule has 0 aliphatic heterocycles. The van der Waals surface area contributed by atoms with Crippen LogP contribution in [0.5, 0.6) is 5.75 Å². The quantitative estimate of drug-likeness (QED) is 0.446. The fraction of sp³-hybridized carbons (Fsp3) is 0.364. The fourth-order valence-electron chi connectivity index (χ4n) is 1.06. The van der Waals surface area contributed by atoms with Gasteiger partial charge in [0.15, 0.2) is 0 Å². The molecule has 1 rings (SSSR count). The fourth-order valence-corrected chi connectivity index (χ4v) is 1.13. The molecule has 0 radical (unpaired) electrons. The Balaban J connectivity index is 2.64. The molecule has 0 saturated heterocycles. The van der Waals surface area contributed by atoms with E-state index >= 15 is 0 Å². The summed E-state index contributed by atoms with van der Waals surface area (Å²) >= 11 is 0. The van der Waals surface area contributed by atoms with E-state index in [1.165, 1.54) is 0 Å². The average Bonchev–Trinajstić information content (AvgIpc) is 2.16. The lowest BCUT2D eigenvalue weighted by molar-refractivity contribution is 0.242. The van der Waals surface area contributed by atoms with Crippen LogP contribution in [-0.2, 0) is 0 Å². The smallest absolute Gasteiger partial charge is 0.119 e. The van der Waals surface area contributed by atoms with Gasteiger partial charge in [-0.05, 0) is 53.1 Å². The van der Waals surface area contributed by atoms with Gasteiger partial charge in [-0.2, -0.15) is 5.10 Å². The Bertz CT molecular complexity index is 320. The van der Waals surface area contributed by atoms with Gasteiger partial charge < -0.3 is 4.74 Å². The van der Waals surface area contributed by atoms with E-state index in [0.29, 0.717) is 0 Å². The zero-order valence-corrected chi connectivity index (χ0v) is 10.5. The summed E-state index contributed by atoms with van der Waals surface area (Å²) in [5.41, 5.74) is 1.06. The summed E-state index contributed by atoms with van der Waals surface area (Å²) < 4.78 is 7.21. The third-order valence-electron chi connectivity index (χ3n) is 1.64. The van der Waals surface area contributed by atoms with Crippen LogP contribution >= 0.6 is 9.39 Å². The lowest BCUT2D eigenvalue weighted by atomic mass is 10.2. The molecular formula is C11H17N2OP. The minimum absolute atomic E-state index is 0.211. The SMILES string of the molecule is CC(C)Oc1ccc(/C=N/N(C)P)cc1. The molecule has 0 aliphatic carbocycles. The first kappa shape index (κ1) is 12.0. The third kappa shape index (κ3) is 4.80. The monoisotopic (exact) mass is 224 g/mol. The van der Waals surface area contributed by atoms with E-state index in [9.17, 15) is 0 Å². The first-order valence-corrected chi connectivity index (χ1v) is 5.38. The summed E-state index contributed by atoms with van der Waals surface area (Å²) in [6, 6.07) is 7.86. The number of rotatable bonds is 4. The van der Waals surface area contributed by atoms with Crippen LogP contribution in [0.3, 0.4) is 0 Å². The second kappa shape index (κ2) is 5.72. The number of nitrogens with zero attached hydrogens (tertiary/aromatic N) is 2. The van der Waals surface area contributed by atoms with Gasteiger partial charge in [0.1, 0.15) is 5.75 Å². The van der Waals surface area contributed by atoms with Crippen LogP contribution in [0.2, 0.25) is 0 Å². The molecule has 0 aliphatic rings. The Kier molecular flexibility index (Phi) is 4.57. The number of hydrazone groups is 1. The maximum atomic E-state index is 5.54. The van der Waals surface area contributed by atoms with Crippen LogP contribution < -0.4 is 4.74 Å². The molecule has 0 aromatic heterocycles. The first-order valence-electron chi connectivity index (χ1n) is 4.87. The van der Waals surface area contributed by atoms with Gasteiger partial charge >= 0.3 is 0 Å². The van der Waals surface area contributed by atoms with Gasteiger partial charge in [0.05, 0.1) is 12.3 Å². The Morgan fingerprint density at radius 2 is 1.93 bits per heavy atom. The van der Waals surface area contributed by atoms with Gasteiger partial charge in [-0.1, -0.05) is 0 Å². The molecule has 1 aromatic carbocycles. The molecule has 15 heavy (non-hydrogen) atoms. The lowest BCUT2D eigenvalue weighted by Gasteiger charge is -2.09. The van der Waals surface area contributed by atoms with Crippen LogP contribution in [0.4, 0.5) is 0 Å². The summed E-state index contributed by atoms with van der Waals surface area (Å²) in [4.78, 5) is 0. The lowest BCUT2D eigenvalue weighted by Crippen LogP contribution is -2.05. The topological polar surface area (TPSA) is 24.8 Å². The molecule has 4 heteroatoms. The Morgan fingerprint density at radius 1 is 1.33 bits per heavy atom. The van der Waals surface area contributed by atoms with Gasteiger partial charge in [0.25, 0.3) is 0 Å². The zero-order valence-electron chi connectivity index (χ0n) is 9.34. The number of benzene rings is 1. The van der Waals surface area contributed by atoms with Crippen molar-refractivity contribution in [3.63, 3.8) is 0 Å². The van der Waals surface area contributed by atoms with Crippen molar-refractivity contribution in [2.24, 2.45) is 5.10 Å². The molecule has 0 bridgehead atoms. The molecule has 0 spiro atoms. The van der Waals surface area contributed by atoms with Crippen molar-refractivity contribution < 1.29 is 4.74 Å². The van der Waals surface area contributed by atoms with Gasteiger partial charge in [0, 0.05) is 7.05 Å². The summed E-state index contributed by atoms with van der Waals surface area (Å²) in [6.07, 6.45) is 2.01. The van der Waals surface area contributed by atoms with Crippen LogP contribution in [0, 0.1) is 0 Å². The largest absolute Gasteiger partial charge is 0.491 e. The highest BCUT2D eigenvalue weighted by Gasteiger charge is 1.96. The predicted molar refractivity (Wildman–Crippen MR) is 67.3 cm³/mol. The van der Waals surface area contributed by atoms with Crippen LogP contribution in [-0.4, -0.2) is 24.1 Å². The van der Waals surface area contributed by atoms with E-state index in [1.54, 1.807) is 11.0 Å². The van der Waals surface area contributed by atoms with Crippen molar-refractivity contribution in [3.05, 3.63) is 29.8 Å². The molecule has 1 unspecified atom stereocenters.